The van der Waals surface area contributed by atoms with Crippen LogP contribution in [0, 0.1) is 23.3 Å². The number of hydrogen-bond acceptors (Lipinski definition) is 2. The molecule has 0 saturated heterocycles. The van der Waals surface area contributed by atoms with Crippen LogP contribution in [-0.4, -0.2) is 9.55 Å². The molecule has 0 amide bonds. The van der Waals surface area contributed by atoms with E-state index in [4.69, 9.17) is 5.73 Å². The van der Waals surface area contributed by atoms with Crippen molar-refractivity contribution in [3.63, 3.8) is 0 Å². The molecule has 0 spiro atoms. The van der Waals surface area contributed by atoms with Gasteiger partial charge in [-0.2, -0.15) is 0 Å². The predicted molar refractivity (Wildman–Crippen MR) is 73.0 cm³/mol. The van der Waals surface area contributed by atoms with E-state index in [1.165, 1.54) is 6.07 Å². The minimum absolute atomic E-state index is 0.0945. The molecule has 0 unspecified atom stereocenters. The average molecular weight is 360 g/mol. The highest BCUT2D eigenvalue weighted by Crippen LogP contribution is 2.29. The van der Waals surface area contributed by atoms with E-state index in [1.54, 1.807) is 0 Å². The Morgan fingerprint density at radius 1 is 1.00 bits per heavy atom. The molecular formula is C13H6BrF4N3. The molecule has 0 atom stereocenters. The number of halogens is 5. The first-order valence-corrected chi connectivity index (χ1v) is 6.45. The molecule has 21 heavy (non-hydrogen) atoms. The van der Waals surface area contributed by atoms with Crippen molar-refractivity contribution in [3.8, 4) is 5.69 Å². The number of imidazole rings is 1. The van der Waals surface area contributed by atoms with Crippen LogP contribution in [0.3, 0.4) is 0 Å². The Bertz CT molecular complexity index is 876. The Morgan fingerprint density at radius 3 is 2.43 bits per heavy atom. The molecule has 2 N–H and O–H groups in total. The molecule has 0 aliphatic heterocycles. The Labute approximate surface area is 124 Å². The summed E-state index contributed by atoms with van der Waals surface area (Å²) in [6.45, 7) is 0. The summed E-state index contributed by atoms with van der Waals surface area (Å²) in [5.41, 5.74) is 5.53. The molecule has 0 radical (unpaired) electrons. The summed E-state index contributed by atoms with van der Waals surface area (Å²) in [5, 5.41) is 0. The van der Waals surface area contributed by atoms with Crippen LogP contribution in [0.2, 0.25) is 0 Å². The Kier molecular flexibility index (Phi) is 3.12. The lowest BCUT2D eigenvalue weighted by Crippen LogP contribution is -2.05. The Hall–Kier alpha value is -2.09. The van der Waals surface area contributed by atoms with Crippen LogP contribution in [0.15, 0.2) is 28.7 Å². The third-order valence-corrected chi connectivity index (χ3v) is 3.54. The summed E-state index contributed by atoms with van der Waals surface area (Å²) in [5.74, 6) is -4.51. The van der Waals surface area contributed by atoms with Crippen molar-refractivity contribution in [2.45, 2.75) is 0 Å². The van der Waals surface area contributed by atoms with E-state index in [0.717, 1.165) is 16.7 Å². The van der Waals surface area contributed by atoms with E-state index < -0.39 is 29.0 Å². The second kappa shape index (κ2) is 4.73. The molecule has 0 aliphatic carbocycles. The first-order valence-electron chi connectivity index (χ1n) is 5.66. The van der Waals surface area contributed by atoms with Gasteiger partial charge in [-0.05, 0) is 22.0 Å². The first-order chi connectivity index (χ1) is 9.88. The van der Waals surface area contributed by atoms with Gasteiger partial charge in [-0.15, -0.1) is 0 Å². The zero-order valence-electron chi connectivity index (χ0n) is 10.2. The third kappa shape index (κ3) is 2.15. The van der Waals surface area contributed by atoms with Crippen LogP contribution in [0.25, 0.3) is 16.7 Å². The number of nitrogen functional groups attached to an aromatic ring is 1. The summed E-state index contributed by atoms with van der Waals surface area (Å²) >= 11 is 2.98. The molecular weight excluding hydrogens is 354 g/mol. The van der Waals surface area contributed by atoms with Crippen molar-refractivity contribution < 1.29 is 17.6 Å². The number of fused-ring (bicyclic) bond motifs is 1. The topological polar surface area (TPSA) is 43.8 Å². The summed E-state index contributed by atoms with van der Waals surface area (Å²) in [7, 11) is 0. The molecule has 8 heteroatoms. The SMILES string of the molecule is Nc1nc2cc(Br)c(F)cc2n1-c1cc(F)cc(F)c1F. The van der Waals surface area contributed by atoms with Gasteiger partial charge in [-0.25, -0.2) is 22.5 Å². The largest absolute Gasteiger partial charge is 0.369 e. The predicted octanol–water partition coefficient (Wildman–Crippen LogP) is 3.93. The van der Waals surface area contributed by atoms with Gasteiger partial charge in [-0.3, -0.25) is 4.57 Å². The van der Waals surface area contributed by atoms with E-state index in [9.17, 15) is 17.6 Å². The number of benzene rings is 2. The van der Waals surface area contributed by atoms with Crippen molar-refractivity contribution in [2.75, 3.05) is 5.73 Å². The molecule has 3 aromatic rings. The Balaban J connectivity index is 2.40. The summed E-state index contributed by atoms with van der Waals surface area (Å²) in [4.78, 5) is 3.92. The standard InChI is InChI=1S/C13H6BrF4N3/c14-6-3-9-10(4-7(6)16)21(13(19)20-9)11-2-5(15)1-8(17)12(11)18/h1-4H,(H2,19,20). The average Bonchev–Trinajstić information content (AvgIpc) is 2.70. The molecule has 0 bridgehead atoms. The molecule has 2 aromatic carbocycles. The molecule has 1 aromatic heterocycles. The molecule has 0 fully saturated rings. The van der Waals surface area contributed by atoms with Crippen LogP contribution in [0.5, 0.6) is 0 Å². The van der Waals surface area contributed by atoms with Crippen molar-refractivity contribution >= 4 is 32.9 Å². The van der Waals surface area contributed by atoms with Crippen molar-refractivity contribution in [1.82, 2.24) is 9.55 Å². The second-order valence-electron chi connectivity index (χ2n) is 4.28. The molecule has 0 aliphatic rings. The van der Waals surface area contributed by atoms with E-state index in [2.05, 4.69) is 20.9 Å². The zero-order valence-corrected chi connectivity index (χ0v) is 11.8. The minimum atomic E-state index is -1.37. The molecule has 1 heterocycles. The lowest BCUT2D eigenvalue weighted by molar-refractivity contribution is 0.491. The zero-order chi connectivity index (χ0) is 15.3. The van der Waals surface area contributed by atoms with Gasteiger partial charge in [0, 0.05) is 18.2 Å². The van der Waals surface area contributed by atoms with E-state index in [1.807, 2.05) is 0 Å². The molecule has 3 rings (SSSR count). The fraction of sp³-hybridized carbons (Fsp3) is 0. The third-order valence-electron chi connectivity index (χ3n) is 2.94. The van der Waals surface area contributed by atoms with Crippen molar-refractivity contribution in [3.05, 3.63) is 52.0 Å². The lowest BCUT2D eigenvalue weighted by Gasteiger charge is -2.09. The molecule has 0 saturated carbocycles. The highest BCUT2D eigenvalue weighted by Gasteiger charge is 2.19. The number of nitrogens with zero attached hydrogens (tertiary/aromatic N) is 2. The number of nitrogens with two attached hydrogens (primary N) is 1. The molecule has 108 valence electrons. The van der Waals surface area contributed by atoms with Crippen LogP contribution in [0.1, 0.15) is 0 Å². The van der Waals surface area contributed by atoms with Crippen LogP contribution in [-0.2, 0) is 0 Å². The van der Waals surface area contributed by atoms with Gasteiger partial charge in [0.2, 0.25) is 5.95 Å². The fourth-order valence-corrected chi connectivity index (χ4v) is 2.38. The van der Waals surface area contributed by atoms with E-state index >= 15 is 0 Å². The van der Waals surface area contributed by atoms with Crippen molar-refractivity contribution in [2.24, 2.45) is 0 Å². The van der Waals surface area contributed by atoms with Gasteiger partial charge in [-0.1, -0.05) is 0 Å². The van der Waals surface area contributed by atoms with Gasteiger partial charge in [0.25, 0.3) is 0 Å². The minimum Gasteiger partial charge on any atom is -0.369 e. The summed E-state index contributed by atoms with van der Waals surface area (Å²) < 4.78 is 55.3. The van der Waals surface area contributed by atoms with Crippen LogP contribution in [0.4, 0.5) is 23.5 Å². The number of rotatable bonds is 1. The lowest BCUT2D eigenvalue weighted by atomic mass is 10.2. The van der Waals surface area contributed by atoms with Gasteiger partial charge in [0.15, 0.2) is 11.6 Å². The summed E-state index contributed by atoms with van der Waals surface area (Å²) in [6.07, 6.45) is 0. The van der Waals surface area contributed by atoms with Gasteiger partial charge >= 0.3 is 0 Å². The van der Waals surface area contributed by atoms with Crippen LogP contribution < -0.4 is 5.73 Å². The van der Waals surface area contributed by atoms with Gasteiger partial charge in [0.05, 0.1) is 21.2 Å². The maximum atomic E-state index is 13.9. The van der Waals surface area contributed by atoms with Crippen LogP contribution >= 0.6 is 15.9 Å². The number of aromatic nitrogens is 2. The number of anilines is 1. The quantitative estimate of drug-likeness (QED) is 0.528. The fourth-order valence-electron chi connectivity index (χ4n) is 2.05. The monoisotopic (exact) mass is 359 g/mol. The molecule has 3 nitrogen and oxygen atoms in total. The first kappa shape index (κ1) is 13.9. The smallest absolute Gasteiger partial charge is 0.206 e. The summed E-state index contributed by atoms with van der Waals surface area (Å²) in [6, 6.07) is 3.55. The highest BCUT2D eigenvalue weighted by atomic mass is 79.9. The maximum Gasteiger partial charge on any atom is 0.206 e. The highest BCUT2D eigenvalue weighted by molar-refractivity contribution is 9.10. The second-order valence-corrected chi connectivity index (χ2v) is 5.14. The Morgan fingerprint density at radius 2 is 1.71 bits per heavy atom. The van der Waals surface area contributed by atoms with Gasteiger partial charge in [0.1, 0.15) is 11.6 Å². The maximum absolute atomic E-state index is 13.9. The van der Waals surface area contributed by atoms with Crippen molar-refractivity contribution in [1.29, 1.82) is 0 Å². The van der Waals surface area contributed by atoms with E-state index in [-0.39, 0.29) is 21.5 Å². The van der Waals surface area contributed by atoms with Gasteiger partial charge < -0.3 is 5.73 Å². The number of hydrogen-bond donors (Lipinski definition) is 1. The normalized spacial score (nSPS) is 11.3. The van der Waals surface area contributed by atoms with E-state index in [0.29, 0.717) is 6.07 Å².